The highest BCUT2D eigenvalue weighted by Gasteiger charge is 2.35. The molecule has 0 amide bonds. The number of carbonyl (C=O) groups excluding carboxylic acids is 1. The van der Waals surface area contributed by atoms with E-state index in [4.69, 9.17) is 0 Å². The van der Waals surface area contributed by atoms with Gasteiger partial charge in [0.25, 0.3) is 0 Å². The first-order chi connectivity index (χ1) is 20.2. The molecule has 41 heavy (non-hydrogen) atoms. The first-order valence-corrected chi connectivity index (χ1v) is 14.6. The predicted molar refractivity (Wildman–Crippen MR) is 159 cm³/mol. The van der Waals surface area contributed by atoms with E-state index in [-0.39, 0.29) is 11.7 Å². The third-order valence-corrected chi connectivity index (χ3v) is 8.56. The van der Waals surface area contributed by atoms with Gasteiger partial charge in [0.2, 0.25) is 0 Å². The molecule has 0 aliphatic heterocycles. The van der Waals surface area contributed by atoms with Crippen LogP contribution < -0.4 is 0 Å². The number of aromatic amines is 2. The van der Waals surface area contributed by atoms with E-state index in [1.54, 1.807) is 0 Å². The second-order valence-corrected chi connectivity index (χ2v) is 11.5. The van der Waals surface area contributed by atoms with Gasteiger partial charge in [-0.25, -0.2) is 0 Å². The zero-order chi connectivity index (χ0) is 27.8. The number of Topliss-reactive ketones (excluding diaryl/α,β-unsaturated/α-hetero) is 1. The average Bonchev–Trinajstić information content (AvgIpc) is 3.97. The molecule has 0 saturated heterocycles. The Labute approximate surface area is 239 Å². The fraction of sp³-hybridized carbons (Fsp3) is 0.294. The van der Waals surface area contributed by atoms with Crippen LogP contribution in [0.2, 0.25) is 0 Å². The van der Waals surface area contributed by atoms with E-state index < -0.39 is 0 Å². The second-order valence-electron chi connectivity index (χ2n) is 11.5. The largest absolute Gasteiger partial charge is 0.411 e. The van der Waals surface area contributed by atoms with Crippen molar-refractivity contribution in [3.8, 4) is 0 Å². The molecule has 0 bridgehead atoms. The molecular formula is C34H33N5O2. The Kier molecular flexibility index (Phi) is 6.71. The Morgan fingerprint density at radius 2 is 1.20 bits per heavy atom. The first-order valence-electron chi connectivity index (χ1n) is 14.6. The number of benzene rings is 2. The maximum Gasteiger partial charge on any atom is 0.186 e. The number of ketones is 1. The van der Waals surface area contributed by atoms with Gasteiger partial charge >= 0.3 is 0 Å². The molecule has 0 spiro atoms. The van der Waals surface area contributed by atoms with Crippen molar-refractivity contribution in [3.05, 3.63) is 118 Å². The van der Waals surface area contributed by atoms with Gasteiger partial charge in [-0.3, -0.25) is 15.0 Å². The molecule has 8 rings (SSSR count). The smallest absolute Gasteiger partial charge is 0.186 e. The van der Waals surface area contributed by atoms with E-state index in [9.17, 15) is 10.0 Å². The van der Waals surface area contributed by atoms with Crippen molar-refractivity contribution in [2.75, 3.05) is 0 Å². The summed E-state index contributed by atoms with van der Waals surface area (Å²) in [6.07, 6.45) is 14.6. The molecule has 7 nitrogen and oxygen atoms in total. The SMILES string of the molecule is O=C(c1n[nH]c2c1C=CC(c1ccccc1)C2)C1CC1.ON=C(c1n[nH]c2c1C=CC(c1ccccc1)C2)C1CC1. The maximum atomic E-state index is 12.2. The molecule has 2 heterocycles. The summed E-state index contributed by atoms with van der Waals surface area (Å²) in [6, 6.07) is 20.9. The van der Waals surface area contributed by atoms with Crippen molar-refractivity contribution in [1.29, 1.82) is 0 Å². The summed E-state index contributed by atoms with van der Waals surface area (Å²) in [5.41, 5.74) is 9.12. The number of nitrogens with zero attached hydrogens (tertiary/aromatic N) is 3. The molecule has 2 aromatic carbocycles. The molecule has 2 saturated carbocycles. The van der Waals surface area contributed by atoms with Crippen LogP contribution in [-0.4, -0.2) is 37.1 Å². The molecule has 4 aliphatic rings. The molecule has 2 atom stereocenters. The minimum Gasteiger partial charge on any atom is -0.411 e. The van der Waals surface area contributed by atoms with E-state index in [0.717, 1.165) is 72.4 Å². The van der Waals surface area contributed by atoms with Crippen LogP contribution in [0.1, 0.15) is 87.3 Å². The Morgan fingerprint density at radius 3 is 1.68 bits per heavy atom. The lowest BCUT2D eigenvalue weighted by Gasteiger charge is -2.17. The van der Waals surface area contributed by atoms with Crippen LogP contribution >= 0.6 is 0 Å². The van der Waals surface area contributed by atoms with E-state index in [1.807, 2.05) is 12.1 Å². The lowest BCUT2D eigenvalue weighted by molar-refractivity contribution is 0.0962. The number of rotatable bonds is 6. The summed E-state index contributed by atoms with van der Waals surface area (Å²) in [6.45, 7) is 0. The molecule has 7 heteroatoms. The van der Waals surface area contributed by atoms with Crippen molar-refractivity contribution in [1.82, 2.24) is 20.4 Å². The second kappa shape index (κ2) is 10.8. The highest BCUT2D eigenvalue weighted by Crippen LogP contribution is 2.38. The van der Waals surface area contributed by atoms with Crippen LogP contribution in [0.25, 0.3) is 12.2 Å². The normalized spacial score (nSPS) is 21.0. The molecule has 2 fully saturated rings. The van der Waals surface area contributed by atoms with Gasteiger partial charge in [-0.15, -0.1) is 0 Å². The number of H-pyrrole nitrogens is 2. The minimum atomic E-state index is 0.213. The fourth-order valence-electron chi connectivity index (χ4n) is 5.90. The van der Waals surface area contributed by atoms with Crippen LogP contribution in [-0.2, 0) is 12.8 Å². The summed E-state index contributed by atoms with van der Waals surface area (Å²) in [4.78, 5) is 12.2. The fourth-order valence-corrected chi connectivity index (χ4v) is 5.90. The molecule has 4 aliphatic carbocycles. The number of fused-ring (bicyclic) bond motifs is 2. The van der Waals surface area contributed by atoms with Crippen molar-refractivity contribution in [2.45, 2.75) is 50.4 Å². The molecular weight excluding hydrogens is 510 g/mol. The number of aromatic nitrogens is 4. The summed E-state index contributed by atoms with van der Waals surface area (Å²) in [7, 11) is 0. The van der Waals surface area contributed by atoms with Gasteiger partial charge in [0, 0.05) is 59.0 Å². The summed E-state index contributed by atoms with van der Waals surface area (Å²) in [5, 5.41) is 27.6. The average molecular weight is 544 g/mol. The third kappa shape index (κ3) is 5.20. The molecule has 3 N–H and O–H groups in total. The van der Waals surface area contributed by atoms with Crippen molar-refractivity contribution in [2.24, 2.45) is 17.0 Å². The van der Waals surface area contributed by atoms with Crippen molar-refractivity contribution in [3.63, 3.8) is 0 Å². The lowest BCUT2D eigenvalue weighted by Crippen LogP contribution is -2.09. The quantitative estimate of drug-likeness (QED) is 0.109. The Morgan fingerprint density at radius 1 is 0.707 bits per heavy atom. The van der Waals surface area contributed by atoms with Crippen LogP contribution in [0.5, 0.6) is 0 Å². The lowest BCUT2D eigenvalue weighted by atomic mass is 9.87. The zero-order valence-corrected chi connectivity index (χ0v) is 22.8. The van der Waals surface area contributed by atoms with Crippen LogP contribution in [0.15, 0.2) is 78.0 Å². The first kappa shape index (κ1) is 25.4. The van der Waals surface area contributed by atoms with E-state index in [1.165, 1.54) is 11.1 Å². The molecule has 2 unspecified atom stereocenters. The number of allylic oxidation sites excluding steroid dienone is 2. The van der Waals surface area contributed by atoms with E-state index in [2.05, 4.69) is 98.4 Å². The zero-order valence-electron chi connectivity index (χ0n) is 22.8. The van der Waals surface area contributed by atoms with Gasteiger partial charge in [0.1, 0.15) is 17.1 Å². The highest BCUT2D eigenvalue weighted by atomic mass is 16.4. The van der Waals surface area contributed by atoms with Gasteiger partial charge in [-0.05, 0) is 36.8 Å². The molecule has 2 aromatic heterocycles. The Bertz CT molecular complexity index is 1640. The number of nitrogens with one attached hydrogen (secondary N) is 2. The van der Waals surface area contributed by atoms with E-state index in [0.29, 0.717) is 23.4 Å². The van der Waals surface area contributed by atoms with Crippen LogP contribution in [0.4, 0.5) is 0 Å². The summed E-state index contributed by atoms with van der Waals surface area (Å²) < 4.78 is 0. The standard InChI is InChI=1S/C17H17N3O.C17H16N2O/c21-20-16(12-6-7-12)17-14-9-8-13(10-15(14)18-19-17)11-4-2-1-3-5-11;20-17(12-6-7-12)16-14-9-8-13(10-15(14)18-19-16)11-4-2-1-3-5-11/h1-5,8-9,12-13,21H,6-7,10H2,(H,18,19);1-5,8-9,12-13H,6-7,10H2,(H,18,19). The van der Waals surface area contributed by atoms with Crippen molar-refractivity contribution < 1.29 is 10.0 Å². The Hall–Kier alpha value is -4.52. The number of hydrogen-bond acceptors (Lipinski definition) is 5. The molecule has 206 valence electrons. The van der Waals surface area contributed by atoms with Gasteiger partial charge in [-0.1, -0.05) is 90.1 Å². The van der Waals surface area contributed by atoms with Gasteiger partial charge in [0.05, 0.1) is 0 Å². The highest BCUT2D eigenvalue weighted by molar-refractivity contribution is 6.04. The van der Waals surface area contributed by atoms with Gasteiger partial charge in [-0.2, -0.15) is 10.2 Å². The third-order valence-electron chi connectivity index (χ3n) is 8.56. The predicted octanol–water partition coefficient (Wildman–Crippen LogP) is 6.71. The minimum absolute atomic E-state index is 0.213. The van der Waals surface area contributed by atoms with Crippen LogP contribution in [0, 0.1) is 11.8 Å². The number of oxime groups is 1. The Balaban J connectivity index is 0.000000135. The maximum absolute atomic E-state index is 12.2. The van der Waals surface area contributed by atoms with Gasteiger partial charge < -0.3 is 5.21 Å². The van der Waals surface area contributed by atoms with Crippen molar-refractivity contribution >= 4 is 23.6 Å². The van der Waals surface area contributed by atoms with Crippen LogP contribution in [0.3, 0.4) is 0 Å². The van der Waals surface area contributed by atoms with Gasteiger partial charge in [0.15, 0.2) is 5.78 Å². The van der Waals surface area contributed by atoms with E-state index >= 15 is 0 Å². The topological polar surface area (TPSA) is 107 Å². The monoisotopic (exact) mass is 543 g/mol. The molecule has 0 radical (unpaired) electrons. The molecule has 4 aromatic rings. The number of carbonyl (C=O) groups is 1. The number of hydrogen-bond donors (Lipinski definition) is 3. The summed E-state index contributed by atoms with van der Waals surface area (Å²) in [5.74, 6) is 1.56. The summed E-state index contributed by atoms with van der Waals surface area (Å²) >= 11 is 0.